The van der Waals surface area contributed by atoms with Crippen molar-refractivity contribution in [2.75, 3.05) is 20.8 Å². The second kappa shape index (κ2) is 7.74. The Bertz CT molecular complexity index is 336. The first kappa shape index (κ1) is 15.4. The van der Waals surface area contributed by atoms with Crippen LogP contribution in [0.5, 0.6) is 0 Å². The molecule has 3 nitrogen and oxygen atoms in total. The molecule has 0 aliphatic heterocycles. The number of ether oxygens (including phenoxy) is 2. The van der Waals surface area contributed by atoms with Crippen LogP contribution in [0.15, 0.2) is 24.3 Å². The van der Waals surface area contributed by atoms with Gasteiger partial charge in [-0.2, -0.15) is 0 Å². The fourth-order valence-corrected chi connectivity index (χ4v) is 2.02. The summed E-state index contributed by atoms with van der Waals surface area (Å²) in [6, 6.07) is 8.19. The monoisotopic (exact) mass is 271 g/mol. The van der Waals surface area contributed by atoms with E-state index < -0.39 is 0 Å². The number of rotatable bonds is 7. The fourth-order valence-electron chi connectivity index (χ4n) is 1.89. The highest BCUT2D eigenvalue weighted by Gasteiger charge is 2.17. The molecule has 0 saturated heterocycles. The molecule has 0 aromatic heterocycles. The van der Waals surface area contributed by atoms with Crippen molar-refractivity contribution < 1.29 is 9.47 Å². The van der Waals surface area contributed by atoms with Gasteiger partial charge in [-0.15, -0.1) is 0 Å². The SMILES string of the molecule is COC(CNC(c1ccc(Cl)cc1)C(C)C)OC. The summed E-state index contributed by atoms with van der Waals surface area (Å²) in [6.45, 7) is 5.01. The van der Waals surface area contributed by atoms with Crippen LogP contribution in [-0.4, -0.2) is 27.1 Å². The van der Waals surface area contributed by atoms with Crippen LogP contribution >= 0.6 is 11.6 Å². The van der Waals surface area contributed by atoms with E-state index in [1.165, 1.54) is 5.56 Å². The molecule has 0 fully saturated rings. The van der Waals surface area contributed by atoms with Crippen LogP contribution < -0.4 is 5.32 Å². The summed E-state index contributed by atoms with van der Waals surface area (Å²) in [5.74, 6) is 0.473. The van der Waals surface area contributed by atoms with Gasteiger partial charge in [0.15, 0.2) is 6.29 Å². The van der Waals surface area contributed by atoms with Crippen LogP contribution in [0.2, 0.25) is 5.02 Å². The lowest BCUT2D eigenvalue weighted by atomic mass is 9.96. The van der Waals surface area contributed by atoms with E-state index in [4.69, 9.17) is 21.1 Å². The number of benzene rings is 1. The van der Waals surface area contributed by atoms with Gasteiger partial charge < -0.3 is 14.8 Å². The fraction of sp³-hybridized carbons (Fsp3) is 0.571. The van der Waals surface area contributed by atoms with Crippen molar-refractivity contribution in [2.24, 2.45) is 5.92 Å². The Labute approximate surface area is 114 Å². The van der Waals surface area contributed by atoms with Crippen LogP contribution in [0.1, 0.15) is 25.5 Å². The predicted molar refractivity (Wildman–Crippen MR) is 74.8 cm³/mol. The lowest BCUT2D eigenvalue weighted by Crippen LogP contribution is -2.34. The first-order chi connectivity index (χ1) is 8.58. The number of hydrogen-bond donors (Lipinski definition) is 1. The van der Waals surface area contributed by atoms with Crippen molar-refractivity contribution in [3.05, 3.63) is 34.9 Å². The van der Waals surface area contributed by atoms with E-state index in [9.17, 15) is 0 Å². The summed E-state index contributed by atoms with van der Waals surface area (Å²) >= 11 is 5.91. The Morgan fingerprint density at radius 3 is 2.11 bits per heavy atom. The largest absolute Gasteiger partial charge is 0.355 e. The van der Waals surface area contributed by atoms with Gasteiger partial charge in [0.2, 0.25) is 0 Å². The van der Waals surface area contributed by atoms with Gasteiger partial charge >= 0.3 is 0 Å². The second-order valence-electron chi connectivity index (χ2n) is 4.58. The molecule has 1 N–H and O–H groups in total. The van der Waals surface area contributed by atoms with E-state index in [0.717, 1.165) is 5.02 Å². The molecule has 18 heavy (non-hydrogen) atoms. The summed E-state index contributed by atoms with van der Waals surface area (Å²) in [5, 5.41) is 4.22. The van der Waals surface area contributed by atoms with Gasteiger partial charge in [-0.05, 0) is 23.6 Å². The van der Waals surface area contributed by atoms with Crippen LogP contribution in [-0.2, 0) is 9.47 Å². The number of halogens is 1. The molecule has 1 aromatic rings. The summed E-state index contributed by atoms with van der Waals surface area (Å²) in [6.07, 6.45) is -0.224. The molecule has 0 amide bonds. The highest BCUT2D eigenvalue weighted by molar-refractivity contribution is 6.30. The molecular weight excluding hydrogens is 250 g/mol. The minimum absolute atomic E-state index is 0.224. The maximum atomic E-state index is 5.91. The van der Waals surface area contributed by atoms with Gasteiger partial charge in [0, 0.05) is 31.8 Å². The number of nitrogens with one attached hydrogen (secondary N) is 1. The molecule has 102 valence electrons. The topological polar surface area (TPSA) is 30.5 Å². The molecule has 1 unspecified atom stereocenters. The first-order valence-corrected chi connectivity index (χ1v) is 6.50. The molecule has 0 bridgehead atoms. The van der Waals surface area contributed by atoms with Gasteiger partial charge in [0.25, 0.3) is 0 Å². The van der Waals surface area contributed by atoms with Gasteiger partial charge in [-0.1, -0.05) is 37.6 Å². The summed E-state index contributed by atoms with van der Waals surface area (Å²) in [4.78, 5) is 0. The number of hydrogen-bond acceptors (Lipinski definition) is 3. The van der Waals surface area contributed by atoms with Gasteiger partial charge in [0.1, 0.15) is 0 Å². The molecule has 0 spiro atoms. The van der Waals surface area contributed by atoms with Crippen molar-refractivity contribution in [1.29, 1.82) is 0 Å². The average molecular weight is 272 g/mol. The molecular formula is C14H22ClNO2. The Morgan fingerprint density at radius 2 is 1.67 bits per heavy atom. The van der Waals surface area contributed by atoms with E-state index in [0.29, 0.717) is 12.5 Å². The highest BCUT2D eigenvalue weighted by Crippen LogP contribution is 2.23. The Kier molecular flexibility index (Phi) is 6.65. The smallest absolute Gasteiger partial charge is 0.169 e. The summed E-state index contributed by atoms with van der Waals surface area (Å²) < 4.78 is 10.4. The molecule has 1 rings (SSSR count). The third kappa shape index (κ3) is 4.58. The Balaban J connectivity index is 2.68. The normalized spacial score (nSPS) is 13.3. The minimum atomic E-state index is -0.224. The zero-order valence-electron chi connectivity index (χ0n) is 11.4. The zero-order chi connectivity index (χ0) is 13.5. The summed E-state index contributed by atoms with van der Waals surface area (Å²) in [7, 11) is 3.28. The van der Waals surface area contributed by atoms with Crippen LogP contribution in [0, 0.1) is 5.92 Å². The van der Waals surface area contributed by atoms with E-state index in [-0.39, 0.29) is 12.3 Å². The lowest BCUT2D eigenvalue weighted by Gasteiger charge is -2.25. The van der Waals surface area contributed by atoms with E-state index in [1.54, 1.807) is 14.2 Å². The highest BCUT2D eigenvalue weighted by atomic mass is 35.5. The Morgan fingerprint density at radius 1 is 1.11 bits per heavy atom. The lowest BCUT2D eigenvalue weighted by molar-refractivity contribution is -0.100. The maximum Gasteiger partial charge on any atom is 0.169 e. The van der Waals surface area contributed by atoms with Crippen LogP contribution in [0.3, 0.4) is 0 Å². The molecule has 4 heteroatoms. The molecule has 0 saturated carbocycles. The summed E-state index contributed by atoms with van der Waals surface area (Å²) in [5.41, 5.74) is 1.22. The van der Waals surface area contributed by atoms with Crippen molar-refractivity contribution in [3.8, 4) is 0 Å². The van der Waals surface area contributed by atoms with E-state index in [2.05, 4.69) is 31.3 Å². The average Bonchev–Trinajstić information content (AvgIpc) is 2.36. The molecule has 1 aromatic carbocycles. The van der Waals surface area contributed by atoms with Crippen LogP contribution in [0.25, 0.3) is 0 Å². The molecule has 0 aliphatic carbocycles. The minimum Gasteiger partial charge on any atom is -0.355 e. The van der Waals surface area contributed by atoms with Crippen molar-refractivity contribution in [2.45, 2.75) is 26.2 Å². The molecule has 1 atom stereocenters. The second-order valence-corrected chi connectivity index (χ2v) is 5.02. The van der Waals surface area contributed by atoms with Gasteiger partial charge in [-0.3, -0.25) is 0 Å². The van der Waals surface area contributed by atoms with Crippen molar-refractivity contribution in [1.82, 2.24) is 5.32 Å². The van der Waals surface area contributed by atoms with Gasteiger partial charge in [0.05, 0.1) is 0 Å². The zero-order valence-corrected chi connectivity index (χ0v) is 12.2. The third-order valence-corrected chi connectivity index (χ3v) is 3.18. The molecule has 0 aliphatic rings. The molecule has 0 radical (unpaired) electrons. The maximum absolute atomic E-state index is 5.91. The first-order valence-electron chi connectivity index (χ1n) is 6.13. The van der Waals surface area contributed by atoms with E-state index >= 15 is 0 Å². The quantitative estimate of drug-likeness (QED) is 0.773. The standard InChI is InChI=1S/C14H22ClNO2/c1-10(2)14(16-9-13(17-3)18-4)11-5-7-12(15)8-6-11/h5-8,10,13-14,16H,9H2,1-4H3. The molecule has 0 heterocycles. The Hall–Kier alpha value is -0.610. The van der Waals surface area contributed by atoms with E-state index in [1.807, 2.05) is 12.1 Å². The van der Waals surface area contributed by atoms with Crippen molar-refractivity contribution >= 4 is 11.6 Å². The number of methoxy groups -OCH3 is 2. The van der Waals surface area contributed by atoms with Crippen molar-refractivity contribution in [3.63, 3.8) is 0 Å². The predicted octanol–water partition coefficient (Wildman–Crippen LogP) is 3.25. The third-order valence-electron chi connectivity index (χ3n) is 2.93. The van der Waals surface area contributed by atoms with Gasteiger partial charge in [-0.25, -0.2) is 0 Å². The van der Waals surface area contributed by atoms with Crippen LogP contribution in [0.4, 0.5) is 0 Å².